The number of aliphatic hydroxyl groups is 2. The van der Waals surface area contributed by atoms with Gasteiger partial charge in [-0.2, -0.15) is 5.10 Å². The van der Waals surface area contributed by atoms with E-state index in [2.05, 4.69) is 25.0 Å². The lowest BCUT2D eigenvalue weighted by atomic mass is 9.45. The Morgan fingerprint density at radius 1 is 1.09 bits per heavy atom. The zero-order chi connectivity index (χ0) is 31.1. The lowest BCUT2D eigenvalue weighted by Gasteiger charge is -2.60. The first-order valence-electron chi connectivity index (χ1n) is 16.1. The van der Waals surface area contributed by atoms with Crippen LogP contribution < -0.4 is 0 Å². The van der Waals surface area contributed by atoms with Gasteiger partial charge in [0, 0.05) is 10.8 Å². The molecule has 0 amide bonds. The number of rotatable bonds is 5. The number of thioether (sulfide) groups is 1. The van der Waals surface area contributed by atoms with Crippen LogP contribution in [0, 0.1) is 34.4 Å². The van der Waals surface area contributed by atoms with Gasteiger partial charge in [0.25, 0.3) is 0 Å². The predicted molar refractivity (Wildman–Crippen MR) is 173 cm³/mol. The molecule has 0 bridgehead atoms. The number of aliphatic hydroxyl groups excluding tert-OH is 1. The van der Waals surface area contributed by atoms with Gasteiger partial charge in [0.15, 0.2) is 5.78 Å². The Balaban J connectivity index is 1.04. The van der Waals surface area contributed by atoms with Gasteiger partial charge in [-0.05, 0) is 110 Å². The molecule has 6 nitrogen and oxygen atoms in total. The maximum absolute atomic E-state index is 13.9. The van der Waals surface area contributed by atoms with Gasteiger partial charge in [0.05, 0.1) is 40.0 Å². The van der Waals surface area contributed by atoms with Crippen molar-refractivity contribution in [2.24, 2.45) is 28.6 Å². The molecular weight excluding hydrogens is 585 g/mol. The minimum absolute atomic E-state index is 0.0338. The van der Waals surface area contributed by atoms with Crippen molar-refractivity contribution in [1.29, 1.82) is 0 Å². The molecule has 3 fully saturated rings. The first-order valence-corrected chi connectivity index (χ1v) is 17.1. The highest BCUT2D eigenvalue weighted by molar-refractivity contribution is 7.99. The second-order valence-corrected chi connectivity index (χ2v) is 15.2. The molecule has 0 spiro atoms. The summed E-state index contributed by atoms with van der Waals surface area (Å²) < 4.78 is 15.5. The molecule has 232 valence electrons. The summed E-state index contributed by atoms with van der Waals surface area (Å²) in [6.07, 6.45) is 7.75. The second kappa shape index (κ2) is 10.3. The zero-order valence-electron chi connectivity index (χ0n) is 25.6. The summed E-state index contributed by atoms with van der Waals surface area (Å²) in [4.78, 5) is 18.6. The van der Waals surface area contributed by atoms with Gasteiger partial charge in [-0.1, -0.05) is 55.4 Å². The predicted octanol–water partition coefficient (Wildman–Crippen LogP) is 6.81. The van der Waals surface area contributed by atoms with Crippen molar-refractivity contribution in [2.45, 2.75) is 69.1 Å². The van der Waals surface area contributed by atoms with E-state index in [-0.39, 0.29) is 40.5 Å². The summed E-state index contributed by atoms with van der Waals surface area (Å²) in [6.45, 7) is 4.35. The van der Waals surface area contributed by atoms with Crippen molar-refractivity contribution < 1.29 is 19.4 Å². The van der Waals surface area contributed by atoms with E-state index in [4.69, 9.17) is 4.98 Å². The number of carbonyl (C=O) groups is 1. The number of hydrogen-bond donors (Lipinski definition) is 2. The Bertz CT molecular complexity index is 1860. The van der Waals surface area contributed by atoms with Crippen molar-refractivity contribution >= 4 is 34.5 Å². The maximum atomic E-state index is 13.9. The van der Waals surface area contributed by atoms with E-state index in [1.807, 2.05) is 47.3 Å². The third-order valence-corrected chi connectivity index (χ3v) is 13.0. The third kappa shape index (κ3) is 4.32. The van der Waals surface area contributed by atoms with E-state index in [1.54, 1.807) is 12.1 Å². The van der Waals surface area contributed by atoms with Crippen LogP contribution in [0.2, 0.25) is 0 Å². The Labute approximate surface area is 266 Å². The van der Waals surface area contributed by atoms with Crippen LogP contribution >= 0.6 is 11.8 Å². The molecule has 2 heterocycles. The summed E-state index contributed by atoms with van der Waals surface area (Å²) in [6, 6.07) is 18.3. The van der Waals surface area contributed by atoms with E-state index in [9.17, 15) is 19.4 Å². The number of hydrogen-bond acceptors (Lipinski definition) is 6. The highest BCUT2D eigenvalue weighted by Crippen LogP contribution is 2.67. The van der Waals surface area contributed by atoms with Crippen LogP contribution in [0.3, 0.4) is 0 Å². The van der Waals surface area contributed by atoms with E-state index in [1.165, 1.54) is 29.5 Å². The van der Waals surface area contributed by atoms with Crippen LogP contribution in [0.15, 0.2) is 77.5 Å². The maximum Gasteiger partial charge on any atom is 0.175 e. The van der Waals surface area contributed by atoms with E-state index in [0.717, 1.165) is 58.6 Å². The Morgan fingerprint density at radius 2 is 1.89 bits per heavy atom. The van der Waals surface area contributed by atoms with Gasteiger partial charge < -0.3 is 10.2 Å². The molecule has 2 N–H and O–H groups in total. The van der Waals surface area contributed by atoms with Crippen LogP contribution in [0.25, 0.3) is 22.7 Å². The summed E-state index contributed by atoms with van der Waals surface area (Å²) in [5, 5.41) is 30.7. The van der Waals surface area contributed by atoms with Gasteiger partial charge in [-0.3, -0.25) is 4.79 Å². The number of para-hydroxylation sites is 1. The molecule has 4 aromatic rings. The smallest absolute Gasteiger partial charge is 0.175 e. The normalized spacial score (nSPS) is 33.6. The summed E-state index contributed by atoms with van der Waals surface area (Å²) in [5.41, 5.74) is 2.80. The molecule has 0 radical (unpaired) electrons. The highest BCUT2D eigenvalue weighted by atomic mass is 32.2. The van der Waals surface area contributed by atoms with E-state index < -0.39 is 17.1 Å². The van der Waals surface area contributed by atoms with Crippen molar-refractivity contribution in [1.82, 2.24) is 14.8 Å². The molecule has 2 aromatic carbocycles. The van der Waals surface area contributed by atoms with Crippen LogP contribution in [0.4, 0.5) is 4.39 Å². The molecular formula is C37H38FN3O3S. The number of pyridine rings is 1. The van der Waals surface area contributed by atoms with Gasteiger partial charge >= 0.3 is 0 Å². The summed E-state index contributed by atoms with van der Waals surface area (Å²) in [7, 11) is 0. The third-order valence-electron chi connectivity index (χ3n) is 12.0. The summed E-state index contributed by atoms with van der Waals surface area (Å²) in [5.74, 6) is 0.127. The lowest BCUT2D eigenvalue weighted by molar-refractivity contribution is -0.177. The van der Waals surface area contributed by atoms with Crippen molar-refractivity contribution in [3.05, 3.63) is 89.5 Å². The number of carbonyl (C=O) groups excluding carboxylic acids is 1. The van der Waals surface area contributed by atoms with Crippen molar-refractivity contribution in [3.63, 3.8) is 0 Å². The number of nitrogens with zero attached hydrogens (tertiary/aromatic N) is 3. The standard InChI is InChI=1S/C37H38FN3O3S/c1-35-18-23-20-39-41(26-11-9-25(38)10-12-26)30(23)17-24(35)8-13-27-28-15-16-37(44,36(28,2)19-31(42)34(27)35)32(43)21-45-33-14-7-22-5-3-4-6-29(22)40-33/h3-7,9-12,14,17,20,27-28,31,34,42,44H,8,13,15-16,18-19,21H2,1-2H3/t27?,28?,31-,34?,35?,36?,37-/m0/s1. The molecule has 4 aliphatic rings. The van der Waals surface area contributed by atoms with Crippen molar-refractivity contribution in [2.75, 3.05) is 5.75 Å². The quantitative estimate of drug-likeness (QED) is 0.238. The molecule has 5 unspecified atom stereocenters. The minimum atomic E-state index is -1.47. The molecule has 2 aromatic heterocycles. The number of fused-ring (bicyclic) bond motifs is 7. The SMILES string of the molecule is CC12Cc3cnn(-c4ccc(F)cc4)c3C=C1CCC1C2[C@@H](O)CC2(C)C1CC[C@]2(O)C(=O)CSc1ccc2ccccc2n1. The zero-order valence-corrected chi connectivity index (χ0v) is 26.4. The average molecular weight is 624 g/mol. The summed E-state index contributed by atoms with van der Waals surface area (Å²) >= 11 is 1.38. The van der Waals surface area contributed by atoms with Crippen LogP contribution in [0.5, 0.6) is 0 Å². The van der Waals surface area contributed by atoms with Crippen LogP contribution in [-0.2, 0) is 11.2 Å². The topological polar surface area (TPSA) is 88.2 Å². The fourth-order valence-electron chi connectivity index (χ4n) is 9.82. The first kappa shape index (κ1) is 29.1. The first-order chi connectivity index (χ1) is 21.6. The van der Waals surface area contributed by atoms with Gasteiger partial charge in [0.1, 0.15) is 11.4 Å². The molecule has 8 rings (SSSR count). The largest absolute Gasteiger partial charge is 0.393 e. The van der Waals surface area contributed by atoms with Gasteiger partial charge in [0.2, 0.25) is 0 Å². The highest BCUT2D eigenvalue weighted by Gasteiger charge is 2.68. The second-order valence-electron chi connectivity index (χ2n) is 14.2. The number of ketones is 1. The molecule has 0 saturated heterocycles. The van der Waals surface area contributed by atoms with Crippen LogP contribution in [-0.4, -0.2) is 48.2 Å². The molecule has 7 atom stereocenters. The number of Topliss-reactive ketones (excluding diaryl/α,β-unsaturated/α-hetero) is 1. The fourth-order valence-corrected chi connectivity index (χ4v) is 10.7. The van der Waals surface area contributed by atoms with Gasteiger partial charge in [-0.15, -0.1) is 0 Å². The molecule has 8 heteroatoms. The van der Waals surface area contributed by atoms with E-state index in [0.29, 0.717) is 12.8 Å². The monoisotopic (exact) mass is 623 g/mol. The lowest BCUT2D eigenvalue weighted by Crippen LogP contribution is -2.62. The molecule has 45 heavy (non-hydrogen) atoms. The Kier molecular flexibility index (Phi) is 6.69. The number of allylic oxidation sites excluding steroid dienone is 1. The average Bonchev–Trinajstić information content (AvgIpc) is 3.55. The molecule has 3 saturated carbocycles. The van der Waals surface area contributed by atoms with Gasteiger partial charge in [-0.25, -0.2) is 14.1 Å². The Hall–Kier alpha value is -3.33. The molecule has 4 aliphatic carbocycles. The Morgan fingerprint density at radius 3 is 2.71 bits per heavy atom. The fraction of sp³-hybridized carbons (Fsp3) is 0.432. The number of halogens is 1. The van der Waals surface area contributed by atoms with Crippen molar-refractivity contribution in [3.8, 4) is 5.69 Å². The molecule has 0 aliphatic heterocycles. The minimum Gasteiger partial charge on any atom is -0.393 e. The number of aromatic nitrogens is 3. The van der Waals surface area contributed by atoms with E-state index >= 15 is 0 Å². The number of benzene rings is 2. The van der Waals surface area contributed by atoms with Crippen LogP contribution in [0.1, 0.15) is 57.2 Å².